The van der Waals surface area contributed by atoms with Gasteiger partial charge in [-0.2, -0.15) is 0 Å². The third-order valence-corrected chi connectivity index (χ3v) is 4.69. The Morgan fingerprint density at radius 2 is 2.20 bits per heavy atom. The lowest BCUT2D eigenvalue weighted by Crippen LogP contribution is -2.33. The zero-order valence-corrected chi connectivity index (χ0v) is 16.2. The average molecular weight is 445 g/mol. The molecule has 1 aliphatic rings. The molecule has 132 valence electrons. The maximum atomic E-state index is 11.1. The van der Waals surface area contributed by atoms with Crippen LogP contribution in [0.15, 0.2) is 40.2 Å². The minimum atomic E-state index is -1.08. The number of nitro benzene ring substituents is 1. The van der Waals surface area contributed by atoms with Crippen molar-refractivity contribution in [2.45, 2.75) is 6.92 Å². The van der Waals surface area contributed by atoms with Crippen molar-refractivity contribution in [1.82, 2.24) is 4.90 Å². The van der Waals surface area contributed by atoms with E-state index in [9.17, 15) is 19.7 Å². The predicted molar refractivity (Wildman–Crippen MR) is 104 cm³/mol. The lowest BCUT2D eigenvalue weighted by molar-refractivity contribution is -0.385. The first-order valence-corrected chi connectivity index (χ1v) is 8.70. The number of nitro groups is 1. The molecule has 0 spiro atoms. The fourth-order valence-electron chi connectivity index (χ4n) is 1.67. The maximum Gasteiger partial charge on any atom is 0.323 e. The Morgan fingerprint density at radius 3 is 2.64 bits per heavy atom. The Balaban J connectivity index is 0.000000251. The lowest BCUT2D eigenvalue weighted by atomic mass is 10.2. The minimum absolute atomic E-state index is 0.0931. The second-order valence-corrected chi connectivity index (χ2v) is 7.13. The largest absolute Gasteiger partial charge is 0.480 e. The van der Waals surface area contributed by atoms with Gasteiger partial charge in [0.25, 0.3) is 11.6 Å². The zero-order chi connectivity index (χ0) is 19.1. The molecule has 1 fully saturated rings. The summed E-state index contributed by atoms with van der Waals surface area (Å²) in [6.07, 6.45) is 3.66. The molecule has 1 saturated heterocycles. The molecule has 1 aromatic rings. The Morgan fingerprint density at radius 1 is 1.56 bits per heavy atom. The minimum Gasteiger partial charge on any atom is -0.480 e. The molecule has 7 nitrogen and oxygen atoms in total. The molecule has 10 heteroatoms. The second-order valence-electron chi connectivity index (χ2n) is 4.54. The van der Waals surface area contributed by atoms with E-state index in [0.717, 1.165) is 22.2 Å². The number of nitrogens with zero attached hydrogens (tertiary/aromatic N) is 2. The number of rotatable bonds is 4. The maximum absolute atomic E-state index is 11.1. The number of benzene rings is 1. The van der Waals surface area contributed by atoms with Gasteiger partial charge in [-0.25, -0.2) is 0 Å². The van der Waals surface area contributed by atoms with Gasteiger partial charge in [-0.1, -0.05) is 48.8 Å². The average Bonchev–Trinajstić information content (AvgIpc) is 2.76. The van der Waals surface area contributed by atoms with E-state index in [2.05, 4.69) is 22.5 Å². The Kier molecular flexibility index (Phi) is 7.94. The highest BCUT2D eigenvalue weighted by atomic mass is 79.9. The van der Waals surface area contributed by atoms with Gasteiger partial charge >= 0.3 is 5.97 Å². The quantitative estimate of drug-likeness (QED) is 0.325. The van der Waals surface area contributed by atoms with Gasteiger partial charge in [0, 0.05) is 6.07 Å². The fourth-order valence-corrected chi connectivity index (χ4v) is 3.18. The smallest absolute Gasteiger partial charge is 0.323 e. The van der Waals surface area contributed by atoms with Crippen LogP contribution in [-0.2, 0) is 9.59 Å². The van der Waals surface area contributed by atoms with Crippen molar-refractivity contribution in [1.29, 1.82) is 0 Å². The summed E-state index contributed by atoms with van der Waals surface area (Å²) in [4.78, 5) is 32.8. The van der Waals surface area contributed by atoms with E-state index >= 15 is 0 Å². The van der Waals surface area contributed by atoms with Gasteiger partial charge < -0.3 is 5.11 Å². The first kappa shape index (κ1) is 21.0. The van der Waals surface area contributed by atoms with Crippen molar-refractivity contribution in [3.8, 4) is 0 Å². The third kappa shape index (κ3) is 6.07. The van der Waals surface area contributed by atoms with E-state index in [1.54, 1.807) is 6.07 Å². The van der Waals surface area contributed by atoms with Crippen LogP contribution in [0.3, 0.4) is 0 Å². The summed E-state index contributed by atoms with van der Waals surface area (Å²) in [6.45, 7) is 4.92. The predicted octanol–water partition coefficient (Wildman–Crippen LogP) is 3.84. The number of aliphatic carboxylic acids is 1. The number of carbonyl (C=O) groups is 2. The molecule has 0 saturated carbocycles. The standard InChI is InChI=1S/C9H8BrNO2.C6H5NO3S2/c1-2-3-7-4-5-8(10)9(6-7)11(12)13;1-3-5(10)7(2-4(8)9)6(11)12-3/h2-6H,1H3;1-2H2,(H,8,9)/b3-2+;. The summed E-state index contributed by atoms with van der Waals surface area (Å²) in [7, 11) is 0. The molecule has 0 unspecified atom stereocenters. The molecule has 1 aromatic carbocycles. The van der Waals surface area contributed by atoms with Crippen LogP contribution in [0.25, 0.3) is 6.08 Å². The number of hydrogen-bond acceptors (Lipinski definition) is 6. The number of carboxylic acid groups (broad SMARTS) is 1. The SMILES string of the molecule is C/C=C/c1ccc(Br)c([N+](=O)[O-])c1.C=C1SC(=S)N(CC(=O)O)C1=O. The van der Waals surface area contributed by atoms with Gasteiger partial charge in [-0.3, -0.25) is 24.6 Å². The summed E-state index contributed by atoms with van der Waals surface area (Å²) in [5, 5.41) is 18.9. The highest BCUT2D eigenvalue weighted by Crippen LogP contribution is 2.28. The van der Waals surface area contributed by atoms with Crippen molar-refractivity contribution in [3.63, 3.8) is 0 Å². The van der Waals surface area contributed by atoms with E-state index in [0.29, 0.717) is 4.47 Å². The highest BCUT2D eigenvalue weighted by Gasteiger charge is 2.31. The fraction of sp³-hybridized carbons (Fsp3) is 0.133. The van der Waals surface area contributed by atoms with E-state index in [1.165, 1.54) is 6.07 Å². The van der Waals surface area contributed by atoms with Gasteiger partial charge in [0.15, 0.2) is 0 Å². The second kappa shape index (κ2) is 9.44. The number of halogens is 1. The van der Waals surface area contributed by atoms with Crippen LogP contribution < -0.4 is 0 Å². The monoisotopic (exact) mass is 444 g/mol. The van der Waals surface area contributed by atoms with Crippen LogP contribution >= 0.6 is 39.9 Å². The van der Waals surface area contributed by atoms with Crippen LogP contribution in [0.1, 0.15) is 12.5 Å². The molecule has 0 radical (unpaired) electrons. The van der Waals surface area contributed by atoms with Crippen molar-refractivity contribution >= 4 is 67.9 Å². The van der Waals surface area contributed by atoms with Crippen LogP contribution in [0.2, 0.25) is 0 Å². The summed E-state index contributed by atoms with van der Waals surface area (Å²) in [5.74, 6) is -1.49. The number of hydrogen-bond donors (Lipinski definition) is 1. The van der Waals surface area contributed by atoms with Gasteiger partial charge in [0.1, 0.15) is 10.9 Å². The first-order chi connectivity index (χ1) is 11.7. The Bertz CT molecular complexity index is 779. The normalized spacial score (nSPS) is 13.8. The molecular formula is C15H13BrN2O5S2. The van der Waals surface area contributed by atoms with Crippen molar-refractivity contribution in [3.05, 3.63) is 55.9 Å². The number of carbonyl (C=O) groups excluding carboxylic acids is 1. The van der Waals surface area contributed by atoms with Gasteiger partial charge in [-0.05, 0) is 34.5 Å². The van der Waals surface area contributed by atoms with E-state index in [1.807, 2.05) is 25.1 Å². The molecule has 0 aliphatic carbocycles. The molecule has 0 bridgehead atoms. The topological polar surface area (TPSA) is 101 Å². The van der Waals surface area contributed by atoms with E-state index in [4.69, 9.17) is 17.3 Å². The van der Waals surface area contributed by atoms with Gasteiger partial charge in [0.2, 0.25) is 0 Å². The summed E-state index contributed by atoms with van der Waals surface area (Å²) in [5.41, 5.74) is 0.924. The van der Waals surface area contributed by atoms with Gasteiger partial charge in [0.05, 0.1) is 14.3 Å². The third-order valence-electron chi connectivity index (χ3n) is 2.73. The van der Waals surface area contributed by atoms with Crippen LogP contribution in [0.5, 0.6) is 0 Å². The molecule has 1 amide bonds. The van der Waals surface area contributed by atoms with Crippen LogP contribution in [-0.4, -0.2) is 37.7 Å². The Labute approximate surface area is 161 Å². The molecule has 0 aromatic heterocycles. The molecule has 2 rings (SSSR count). The number of amides is 1. The van der Waals surface area contributed by atoms with Crippen molar-refractivity contribution in [2.75, 3.05) is 6.54 Å². The number of thiocarbonyl (C=S) groups is 1. The number of allylic oxidation sites excluding steroid dienone is 1. The number of thioether (sulfide) groups is 1. The van der Waals surface area contributed by atoms with E-state index < -0.39 is 16.8 Å². The van der Waals surface area contributed by atoms with E-state index in [-0.39, 0.29) is 21.5 Å². The molecule has 0 atom stereocenters. The molecule has 1 aliphatic heterocycles. The summed E-state index contributed by atoms with van der Waals surface area (Å²) < 4.78 is 0.762. The molecular weight excluding hydrogens is 432 g/mol. The Hall–Kier alpha value is -2.04. The summed E-state index contributed by atoms with van der Waals surface area (Å²) in [6, 6.07) is 5.02. The van der Waals surface area contributed by atoms with Crippen molar-refractivity contribution in [2.24, 2.45) is 0 Å². The van der Waals surface area contributed by atoms with Crippen LogP contribution in [0, 0.1) is 10.1 Å². The van der Waals surface area contributed by atoms with Crippen LogP contribution in [0.4, 0.5) is 5.69 Å². The summed E-state index contributed by atoms with van der Waals surface area (Å²) >= 11 is 8.90. The molecule has 1 heterocycles. The highest BCUT2D eigenvalue weighted by molar-refractivity contribution is 9.10. The van der Waals surface area contributed by atoms with Gasteiger partial charge in [-0.15, -0.1) is 0 Å². The molecule has 1 N–H and O–H groups in total. The van der Waals surface area contributed by atoms with Crippen molar-refractivity contribution < 1.29 is 19.6 Å². The zero-order valence-electron chi connectivity index (χ0n) is 13.0. The lowest BCUT2D eigenvalue weighted by Gasteiger charge is -2.09. The molecule has 25 heavy (non-hydrogen) atoms. The first-order valence-electron chi connectivity index (χ1n) is 6.68. The number of carboxylic acids is 1.